The van der Waals surface area contributed by atoms with E-state index in [0.717, 1.165) is 16.7 Å². The van der Waals surface area contributed by atoms with Gasteiger partial charge in [0.15, 0.2) is 0 Å². The van der Waals surface area contributed by atoms with Crippen LogP contribution < -0.4 is 5.32 Å². The summed E-state index contributed by atoms with van der Waals surface area (Å²) >= 11 is 0. The molecule has 0 radical (unpaired) electrons. The molecule has 2 rings (SSSR count). The van der Waals surface area contributed by atoms with Crippen molar-refractivity contribution in [3.05, 3.63) is 60.2 Å². The molecule has 0 atom stereocenters. The lowest BCUT2D eigenvalue weighted by Gasteiger charge is -2.06. The van der Waals surface area contributed by atoms with Crippen molar-refractivity contribution in [1.82, 2.24) is 5.32 Å². The summed E-state index contributed by atoms with van der Waals surface area (Å²) in [6, 6.07) is 17.8. The minimum absolute atomic E-state index is 0.295. The molecule has 0 bridgehead atoms. The Kier molecular flexibility index (Phi) is 4.50. The van der Waals surface area contributed by atoms with Crippen molar-refractivity contribution in [1.29, 1.82) is 0 Å². The van der Waals surface area contributed by atoms with Crippen molar-refractivity contribution >= 4 is 11.9 Å². The average Bonchev–Trinajstić information content (AvgIpc) is 2.53. The molecule has 0 heterocycles. The molecule has 2 aromatic rings. The van der Waals surface area contributed by atoms with Crippen LogP contribution in [0.4, 0.5) is 0 Å². The van der Waals surface area contributed by atoms with Crippen LogP contribution in [0.25, 0.3) is 11.1 Å². The van der Waals surface area contributed by atoms with Gasteiger partial charge in [-0.2, -0.15) is 0 Å². The normalized spacial score (nSPS) is 9.85. The van der Waals surface area contributed by atoms with E-state index < -0.39 is 11.9 Å². The van der Waals surface area contributed by atoms with Crippen molar-refractivity contribution in [2.75, 3.05) is 7.11 Å². The zero-order chi connectivity index (χ0) is 14.4. The summed E-state index contributed by atoms with van der Waals surface area (Å²) in [5, 5.41) is 2.50. The molecule has 4 heteroatoms. The number of hydrogen-bond acceptors (Lipinski definition) is 3. The Morgan fingerprint density at radius 1 is 0.950 bits per heavy atom. The predicted molar refractivity (Wildman–Crippen MR) is 75.7 cm³/mol. The molecule has 1 amide bonds. The van der Waals surface area contributed by atoms with Gasteiger partial charge in [-0.05, 0) is 16.7 Å². The summed E-state index contributed by atoms with van der Waals surface area (Å²) in [5.41, 5.74) is 3.16. The van der Waals surface area contributed by atoms with Gasteiger partial charge in [0.05, 0.1) is 7.11 Å². The highest BCUT2D eigenvalue weighted by molar-refractivity contribution is 6.32. The highest BCUT2D eigenvalue weighted by Crippen LogP contribution is 2.19. The van der Waals surface area contributed by atoms with Gasteiger partial charge < -0.3 is 10.1 Å². The Bertz CT molecular complexity index is 591. The fourth-order valence-electron chi connectivity index (χ4n) is 1.79. The minimum Gasteiger partial charge on any atom is -0.462 e. The smallest absolute Gasteiger partial charge is 0.396 e. The van der Waals surface area contributed by atoms with Crippen LogP contribution >= 0.6 is 0 Å². The molecule has 0 spiro atoms. The van der Waals surface area contributed by atoms with Crippen LogP contribution in [0.15, 0.2) is 54.6 Å². The quantitative estimate of drug-likeness (QED) is 0.686. The lowest BCUT2D eigenvalue weighted by atomic mass is 10.0. The van der Waals surface area contributed by atoms with Crippen LogP contribution in [0.1, 0.15) is 5.56 Å². The first-order valence-corrected chi connectivity index (χ1v) is 6.21. The number of carbonyl (C=O) groups excluding carboxylic acids is 2. The molecule has 0 unspecified atom stereocenters. The Hall–Kier alpha value is -2.62. The number of benzene rings is 2. The monoisotopic (exact) mass is 269 g/mol. The Balaban J connectivity index is 1.99. The number of methoxy groups -OCH3 is 1. The fraction of sp³-hybridized carbons (Fsp3) is 0.125. The van der Waals surface area contributed by atoms with Crippen LogP contribution in [0, 0.1) is 0 Å². The molecular formula is C16H15NO3. The maximum Gasteiger partial charge on any atom is 0.396 e. The van der Waals surface area contributed by atoms with E-state index in [1.54, 1.807) is 0 Å². The van der Waals surface area contributed by atoms with E-state index in [2.05, 4.69) is 10.1 Å². The summed E-state index contributed by atoms with van der Waals surface area (Å²) in [6.45, 7) is 0.295. The number of ether oxygens (including phenoxy) is 1. The number of amides is 1. The molecule has 20 heavy (non-hydrogen) atoms. The number of esters is 1. The van der Waals surface area contributed by atoms with Crippen molar-refractivity contribution < 1.29 is 14.3 Å². The van der Waals surface area contributed by atoms with Crippen LogP contribution in [0.3, 0.4) is 0 Å². The topological polar surface area (TPSA) is 55.4 Å². The highest BCUT2D eigenvalue weighted by atomic mass is 16.5. The number of hydrogen-bond donors (Lipinski definition) is 1. The van der Waals surface area contributed by atoms with Crippen LogP contribution in [-0.2, 0) is 20.9 Å². The molecule has 2 aromatic carbocycles. The second-order valence-corrected chi connectivity index (χ2v) is 4.24. The molecule has 0 aliphatic rings. The predicted octanol–water partition coefficient (Wildman–Crippen LogP) is 2.14. The highest BCUT2D eigenvalue weighted by Gasteiger charge is 2.12. The third-order valence-electron chi connectivity index (χ3n) is 2.88. The minimum atomic E-state index is -0.883. The van der Waals surface area contributed by atoms with E-state index in [9.17, 15) is 9.59 Å². The van der Waals surface area contributed by atoms with Crippen LogP contribution in [0.2, 0.25) is 0 Å². The maximum atomic E-state index is 11.3. The zero-order valence-electron chi connectivity index (χ0n) is 11.1. The third-order valence-corrected chi connectivity index (χ3v) is 2.88. The SMILES string of the molecule is COC(=O)C(=O)NCc1ccc(-c2ccccc2)cc1. The van der Waals surface area contributed by atoms with Gasteiger partial charge in [0.25, 0.3) is 0 Å². The summed E-state index contributed by atoms with van der Waals surface area (Å²) in [5.74, 6) is -1.62. The van der Waals surface area contributed by atoms with Gasteiger partial charge in [-0.15, -0.1) is 0 Å². The molecule has 0 aliphatic carbocycles. The lowest BCUT2D eigenvalue weighted by Crippen LogP contribution is -2.31. The van der Waals surface area contributed by atoms with E-state index in [4.69, 9.17) is 0 Å². The van der Waals surface area contributed by atoms with Gasteiger partial charge >= 0.3 is 11.9 Å². The largest absolute Gasteiger partial charge is 0.462 e. The van der Waals surface area contributed by atoms with E-state index in [-0.39, 0.29) is 0 Å². The summed E-state index contributed by atoms with van der Waals surface area (Å²) in [4.78, 5) is 22.2. The van der Waals surface area contributed by atoms with Crippen molar-refractivity contribution in [3.8, 4) is 11.1 Å². The van der Waals surface area contributed by atoms with Crippen molar-refractivity contribution in [2.24, 2.45) is 0 Å². The summed E-state index contributed by atoms with van der Waals surface area (Å²) in [6.07, 6.45) is 0. The lowest BCUT2D eigenvalue weighted by molar-refractivity contribution is -0.152. The van der Waals surface area contributed by atoms with Crippen LogP contribution in [0.5, 0.6) is 0 Å². The molecule has 0 saturated carbocycles. The molecule has 0 saturated heterocycles. The Morgan fingerprint density at radius 3 is 2.15 bits per heavy atom. The van der Waals surface area contributed by atoms with Crippen molar-refractivity contribution in [2.45, 2.75) is 6.54 Å². The number of carbonyl (C=O) groups is 2. The third kappa shape index (κ3) is 3.45. The van der Waals surface area contributed by atoms with Gasteiger partial charge in [-0.3, -0.25) is 4.79 Å². The summed E-state index contributed by atoms with van der Waals surface area (Å²) < 4.78 is 4.33. The first-order valence-electron chi connectivity index (χ1n) is 6.21. The second kappa shape index (κ2) is 6.52. The number of nitrogens with one attached hydrogen (secondary N) is 1. The Labute approximate surface area is 117 Å². The number of rotatable bonds is 3. The average molecular weight is 269 g/mol. The first kappa shape index (κ1) is 13.8. The fourth-order valence-corrected chi connectivity index (χ4v) is 1.79. The van der Waals surface area contributed by atoms with E-state index >= 15 is 0 Å². The molecule has 102 valence electrons. The van der Waals surface area contributed by atoms with Gasteiger partial charge in [0.1, 0.15) is 0 Å². The van der Waals surface area contributed by atoms with Gasteiger partial charge in [0.2, 0.25) is 0 Å². The molecule has 0 aromatic heterocycles. The van der Waals surface area contributed by atoms with Gasteiger partial charge in [-0.25, -0.2) is 4.79 Å². The van der Waals surface area contributed by atoms with E-state index in [1.807, 2.05) is 54.6 Å². The zero-order valence-corrected chi connectivity index (χ0v) is 11.1. The molecule has 4 nitrogen and oxygen atoms in total. The first-order chi connectivity index (χ1) is 9.70. The second-order valence-electron chi connectivity index (χ2n) is 4.24. The van der Waals surface area contributed by atoms with E-state index in [1.165, 1.54) is 7.11 Å². The molecular weight excluding hydrogens is 254 g/mol. The standard InChI is InChI=1S/C16H15NO3/c1-20-16(19)15(18)17-11-12-7-9-14(10-8-12)13-5-3-2-4-6-13/h2-10H,11H2,1H3,(H,17,18). The van der Waals surface area contributed by atoms with Gasteiger partial charge in [-0.1, -0.05) is 54.6 Å². The van der Waals surface area contributed by atoms with Crippen LogP contribution in [-0.4, -0.2) is 19.0 Å². The molecule has 1 N–H and O–H groups in total. The molecule has 0 fully saturated rings. The molecule has 0 aliphatic heterocycles. The van der Waals surface area contributed by atoms with Gasteiger partial charge in [0, 0.05) is 6.54 Å². The maximum absolute atomic E-state index is 11.3. The Morgan fingerprint density at radius 2 is 1.55 bits per heavy atom. The summed E-state index contributed by atoms with van der Waals surface area (Å²) in [7, 11) is 1.18. The van der Waals surface area contributed by atoms with E-state index in [0.29, 0.717) is 6.54 Å². The van der Waals surface area contributed by atoms with Crippen molar-refractivity contribution in [3.63, 3.8) is 0 Å².